The molecule has 0 amide bonds. The van der Waals surface area contributed by atoms with Crippen LogP contribution in [0.1, 0.15) is 26.2 Å². The molecule has 3 rings (SSSR count). The highest BCUT2D eigenvalue weighted by atomic mass is 16.1. The standard InChI is InChI=1S/C16H26N6O/c1-3-17-16(19-13-5-4-6-13)22-11-9-21(10-12-22)14-15(23)20(2)8-7-18-14/h7-8,13H,3-6,9-12H2,1-2H3,(H,17,19). The zero-order valence-electron chi connectivity index (χ0n) is 14.0. The minimum Gasteiger partial charge on any atom is -0.354 e. The second kappa shape index (κ2) is 7.02. The molecule has 1 saturated heterocycles. The summed E-state index contributed by atoms with van der Waals surface area (Å²) in [6, 6.07) is 0.585. The first-order valence-corrected chi connectivity index (χ1v) is 8.51. The van der Waals surface area contributed by atoms with E-state index in [1.54, 1.807) is 24.0 Å². The van der Waals surface area contributed by atoms with Gasteiger partial charge in [0.2, 0.25) is 0 Å². The number of guanidine groups is 1. The Balaban J connectivity index is 1.63. The average molecular weight is 318 g/mol. The fraction of sp³-hybridized carbons (Fsp3) is 0.688. The van der Waals surface area contributed by atoms with E-state index in [2.05, 4.69) is 32.0 Å². The monoisotopic (exact) mass is 318 g/mol. The molecule has 1 saturated carbocycles. The van der Waals surface area contributed by atoms with Crippen LogP contribution in [0, 0.1) is 0 Å². The number of piperazine rings is 1. The van der Waals surface area contributed by atoms with E-state index in [-0.39, 0.29) is 5.56 Å². The van der Waals surface area contributed by atoms with Gasteiger partial charge in [0.05, 0.1) is 0 Å². The predicted molar refractivity (Wildman–Crippen MR) is 92.0 cm³/mol. The van der Waals surface area contributed by atoms with Crippen LogP contribution in [0.2, 0.25) is 0 Å². The van der Waals surface area contributed by atoms with Crippen molar-refractivity contribution >= 4 is 11.8 Å². The van der Waals surface area contributed by atoms with Crippen LogP contribution >= 0.6 is 0 Å². The lowest BCUT2D eigenvalue weighted by molar-refractivity contribution is 0.331. The Labute approximate surface area is 137 Å². The van der Waals surface area contributed by atoms with Crippen LogP contribution in [0.3, 0.4) is 0 Å². The number of aromatic nitrogens is 2. The van der Waals surface area contributed by atoms with Crippen LogP contribution < -0.4 is 15.8 Å². The van der Waals surface area contributed by atoms with Crippen LogP contribution in [0.25, 0.3) is 0 Å². The molecule has 0 unspecified atom stereocenters. The fourth-order valence-corrected chi connectivity index (χ4v) is 2.95. The van der Waals surface area contributed by atoms with Gasteiger partial charge in [0.15, 0.2) is 11.8 Å². The molecule has 2 aliphatic rings. The SMILES string of the molecule is CCN=C(NC1CCC1)N1CCN(c2nccn(C)c2=O)CC1. The minimum atomic E-state index is -0.0315. The fourth-order valence-electron chi connectivity index (χ4n) is 2.95. The van der Waals surface area contributed by atoms with Gasteiger partial charge in [0, 0.05) is 58.2 Å². The lowest BCUT2D eigenvalue weighted by atomic mass is 9.93. The molecule has 0 spiro atoms. The quantitative estimate of drug-likeness (QED) is 0.646. The summed E-state index contributed by atoms with van der Waals surface area (Å²) in [6.07, 6.45) is 7.18. The molecule has 2 heterocycles. The summed E-state index contributed by atoms with van der Waals surface area (Å²) in [5.41, 5.74) is -0.0315. The third-order valence-corrected chi connectivity index (χ3v) is 4.62. The molecular formula is C16H26N6O. The van der Waals surface area contributed by atoms with E-state index in [9.17, 15) is 4.79 Å². The van der Waals surface area contributed by atoms with Crippen LogP contribution in [-0.2, 0) is 7.05 Å². The van der Waals surface area contributed by atoms with Crippen LogP contribution in [0.5, 0.6) is 0 Å². The molecule has 0 bridgehead atoms. The number of hydrogen-bond donors (Lipinski definition) is 1. The summed E-state index contributed by atoms with van der Waals surface area (Å²) in [4.78, 5) is 25.5. The van der Waals surface area contributed by atoms with Gasteiger partial charge in [-0.05, 0) is 26.2 Å². The van der Waals surface area contributed by atoms with Gasteiger partial charge in [-0.25, -0.2) is 4.98 Å². The van der Waals surface area contributed by atoms with Crippen LogP contribution in [0.4, 0.5) is 5.82 Å². The number of hydrogen-bond acceptors (Lipinski definition) is 4. The smallest absolute Gasteiger partial charge is 0.293 e. The van der Waals surface area contributed by atoms with Gasteiger partial charge < -0.3 is 19.7 Å². The first-order chi connectivity index (χ1) is 11.2. The van der Waals surface area contributed by atoms with Crippen molar-refractivity contribution in [1.29, 1.82) is 0 Å². The summed E-state index contributed by atoms with van der Waals surface area (Å²) in [6.45, 7) is 6.16. The molecule has 126 valence electrons. The van der Waals surface area contributed by atoms with Gasteiger partial charge in [-0.15, -0.1) is 0 Å². The molecule has 1 aliphatic heterocycles. The average Bonchev–Trinajstić information content (AvgIpc) is 2.52. The van der Waals surface area contributed by atoms with Gasteiger partial charge in [-0.1, -0.05) is 0 Å². The largest absolute Gasteiger partial charge is 0.354 e. The predicted octanol–water partition coefficient (Wildman–Crippen LogP) is 0.420. The third-order valence-electron chi connectivity index (χ3n) is 4.62. The van der Waals surface area contributed by atoms with Crippen molar-refractivity contribution in [1.82, 2.24) is 19.8 Å². The molecule has 0 radical (unpaired) electrons. The van der Waals surface area contributed by atoms with Crippen molar-refractivity contribution in [3.63, 3.8) is 0 Å². The van der Waals surface area contributed by atoms with Crippen molar-refractivity contribution < 1.29 is 0 Å². The highest BCUT2D eigenvalue weighted by Crippen LogP contribution is 2.18. The van der Waals surface area contributed by atoms with Gasteiger partial charge in [-0.3, -0.25) is 9.79 Å². The number of rotatable bonds is 3. The summed E-state index contributed by atoms with van der Waals surface area (Å²) in [7, 11) is 1.76. The maximum atomic E-state index is 12.2. The summed E-state index contributed by atoms with van der Waals surface area (Å²) in [5.74, 6) is 1.57. The Morgan fingerprint density at radius 1 is 1.35 bits per heavy atom. The van der Waals surface area contributed by atoms with Crippen molar-refractivity contribution in [3.8, 4) is 0 Å². The summed E-state index contributed by atoms with van der Waals surface area (Å²) < 4.78 is 1.58. The van der Waals surface area contributed by atoms with E-state index in [0.29, 0.717) is 11.9 Å². The second-order valence-corrected chi connectivity index (χ2v) is 6.21. The minimum absolute atomic E-state index is 0.0315. The molecule has 1 aromatic heterocycles. The van der Waals surface area contributed by atoms with Gasteiger partial charge in [-0.2, -0.15) is 0 Å². The van der Waals surface area contributed by atoms with Crippen molar-refractivity contribution in [2.75, 3.05) is 37.6 Å². The van der Waals surface area contributed by atoms with Crippen molar-refractivity contribution in [2.45, 2.75) is 32.2 Å². The zero-order chi connectivity index (χ0) is 16.2. The van der Waals surface area contributed by atoms with E-state index < -0.39 is 0 Å². The maximum Gasteiger partial charge on any atom is 0.293 e. The molecular weight excluding hydrogens is 292 g/mol. The van der Waals surface area contributed by atoms with E-state index in [1.165, 1.54) is 19.3 Å². The molecule has 0 atom stereocenters. The van der Waals surface area contributed by atoms with E-state index >= 15 is 0 Å². The maximum absolute atomic E-state index is 12.2. The molecule has 7 heteroatoms. The topological polar surface area (TPSA) is 65.8 Å². The lowest BCUT2D eigenvalue weighted by Gasteiger charge is -2.39. The number of nitrogens with zero attached hydrogens (tertiary/aromatic N) is 5. The normalized spacial score (nSPS) is 19.7. The number of aliphatic imine (C=N–C) groups is 1. The van der Waals surface area contributed by atoms with Gasteiger partial charge in [0.1, 0.15) is 0 Å². The Bertz CT molecular complexity index is 613. The van der Waals surface area contributed by atoms with E-state index in [1.807, 2.05) is 0 Å². The summed E-state index contributed by atoms with van der Waals surface area (Å²) in [5, 5.41) is 3.58. The van der Waals surface area contributed by atoms with E-state index in [0.717, 1.165) is 38.7 Å². The molecule has 23 heavy (non-hydrogen) atoms. The molecule has 1 aliphatic carbocycles. The van der Waals surface area contributed by atoms with Crippen LogP contribution in [0.15, 0.2) is 22.2 Å². The Kier molecular flexibility index (Phi) is 4.83. The highest BCUT2D eigenvalue weighted by molar-refractivity contribution is 5.80. The summed E-state index contributed by atoms with van der Waals surface area (Å²) >= 11 is 0. The molecule has 7 nitrogen and oxygen atoms in total. The van der Waals surface area contributed by atoms with Crippen molar-refractivity contribution in [2.24, 2.45) is 12.0 Å². The Morgan fingerprint density at radius 3 is 2.70 bits per heavy atom. The first-order valence-electron chi connectivity index (χ1n) is 8.51. The highest BCUT2D eigenvalue weighted by Gasteiger charge is 2.25. The lowest BCUT2D eigenvalue weighted by Crippen LogP contribution is -2.56. The number of nitrogens with one attached hydrogen (secondary N) is 1. The van der Waals surface area contributed by atoms with Crippen molar-refractivity contribution in [3.05, 3.63) is 22.7 Å². The molecule has 1 N–H and O–H groups in total. The zero-order valence-corrected chi connectivity index (χ0v) is 14.0. The second-order valence-electron chi connectivity index (χ2n) is 6.21. The van der Waals surface area contributed by atoms with Crippen LogP contribution in [-0.4, -0.2) is 59.2 Å². The first kappa shape index (κ1) is 15.8. The number of aryl methyl sites for hydroxylation is 1. The van der Waals surface area contributed by atoms with Gasteiger partial charge in [0.25, 0.3) is 5.56 Å². The molecule has 0 aromatic carbocycles. The number of anilines is 1. The third kappa shape index (κ3) is 3.48. The van der Waals surface area contributed by atoms with E-state index in [4.69, 9.17) is 0 Å². The van der Waals surface area contributed by atoms with Gasteiger partial charge >= 0.3 is 0 Å². The Morgan fingerprint density at radius 2 is 2.09 bits per heavy atom. The molecule has 2 fully saturated rings. The molecule has 1 aromatic rings. The Hall–Kier alpha value is -2.05.